The minimum absolute atomic E-state index is 0.00920. The number of hydrogen-bond donors (Lipinski definition) is 4. The highest BCUT2D eigenvalue weighted by atomic mass is 16.8. The number of cyclic esters (lactones) is 1. The number of methoxy groups -OCH3 is 1. The molecule has 4 aliphatic heterocycles. The van der Waals surface area contributed by atoms with E-state index in [9.17, 15) is 25.2 Å². The SMILES string of the molecule is COc1cc([C@H]2c3cc4c(cc3[C@H](OC3OC5CO[C@@H](C)OC5[C@H](O)[C@H]3O)C3COC(=O)C32)OCO4)cc(O)c1O. The van der Waals surface area contributed by atoms with Gasteiger partial charge in [-0.15, -0.1) is 0 Å². The molecule has 13 heteroatoms. The van der Waals surface area contributed by atoms with Crippen LogP contribution in [0.4, 0.5) is 0 Å². The van der Waals surface area contributed by atoms with Crippen molar-refractivity contribution in [1.29, 1.82) is 0 Å². The molecule has 0 saturated carbocycles. The van der Waals surface area contributed by atoms with Crippen molar-refractivity contribution in [2.45, 2.75) is 55.9 Å². The van der Waals surface area contributed by atoms with Crippen LogP contribution in [0, 0.1) is 11.8 Å². The van der Waals surface area contributed by atoms with Crippen LogP contribution in [0.3, 0.4) is 0 Å². The van der Waals surface area contributed by atoms with E-state index < -0.39 is 78.3 Å². The number of hydrogen-bond acceptors (Lipinski definition) is 13. The summed E-state index contributed by atoms with van der Waals surface area (Å²) >= 11 is 0. The zero-order valence-electron chi connectivity index (χ0n) is 22.2. The van der Waals surface area contributed by atoms with Crippen LogP contribution in [0.25, 0.3) is 0 Å². The van der Waals surface area contributed by atoms with E-state index in [4.69, 9.17) is 37.9 Å². The molecule has 4 N–H and O–H groups in total. The molecule has 5 unspecified atom stereocenters. The number of aromatic hydroxyl groups is 2. The Labute approximate surface area is 234 Å². The monoisotopic (exact) mass is 574 g/mol. The predicted molar refractivity (Wildman–Crippen MR) is 133 cm³/mol. The third kappa shape index (κ3) is 4.18. The smallest absolute Gasteiger partial charge is 0.310 e. The van der Waals surface area contributed by atoms with E-state index in [0.717, 1.165) is 0 Å². The molecule has 10 atom stereocenters. The van der Waals surface area contributed by atoms with E-state index in [1.165, 1.54) is 13.2 Å². The van der Waals surface area contributed by atoms with Gasteiger partial charge in [-0.25, -0.2) is 0 Å². The number of phenolic OH excluding ortho intramolecular Hbond substituents is 2. The summed E-state index contributed by atoms with van der Waals surface area (Å²) in [6.45, 7) is 1.85. The quantitative estimate of drug-likeness (QED) is 0.302. The van der Waals surface area contributed by atoms with Crippen LogP contribution in [-0.2, 0) is 28.5 Å². The van der Waals surface area contributed by atoms with Crippen molar-refractivity contribution in [2.24, 2.45) is 11.8 Å². The van der Waals surface area contributed by atoms with Gasteiger partial charge in [-0.3, -0.25) is 4.79 Å². The first kappa shape index (κ1) is 26.6. The summed E-state index contributed by atoms with van der Waals surface area (Å²) in [6.07, 6.45) is -6.91. The van der Waals surface area contributed by atoms with Crippen LogP contribution < -0.4 is 14.2 Å². The second-order valence-electron chi connectivity index (χ2n) is 10.8. The Hall–Kier alpha value is -3.33. The van der Waals surface area contributed by atoms with Crippen LogP contribution in [0.1, 0.15) is 35.6 Å². The van der Waals surface area contributed by atoms with Crippen LogP contribution in [0.2, 0.25) is 0 Å². The fraction of sp³-hybridized carbons (Fsp3) is 0.536. The largest absolute Gasteiger partial charge is 0.504 e. The van der Waals surface area contributed by atoms with Crippen LogP contribution in [0.15, 0.2) is 24.3 Å². The minimum atomic E-state index is -1.45. The van der Waals surface area contributed by atoms with Crippen molar-refractivity contribution in [3.05, 3.63) is 41.0 Å². The molecule has 0 aromatic heterocycles. The van der Waals surface area contributed by atoms with Gasteiger partial charge < -0.3 is 58.3 Å². The number of carbonyl (C=O) groups is 1. The van der Waals surface area contributed by atoms with Crippen molar-refractivity contribution in [1.82, 2.24) is 0 Å². The van der Waals surface area contributed by atoms with Crippen LogP contribution >= 0.6 is 0 Å². The molecule has 0 bridgehead atoms. The number of fused-ring (bicyclic) bond motifs is 4. The molecule has 2 aromatic carbocycles. The number of carbonyl (C=O) groups excluding carboxylic acids is 1. The van der Waals surface area contributed by atoms with Gasteiger partial charge in [-0.05, 0) is 47.9 Å². The molecule has 5 aliphatic rings. The number of benzene rings is 2. The normalized spacial score (nSPS) is 37.1. The van der Waals surface area contributed by atoms with Gasteiger partial charge in [-0.1, -0.05) is 0 Å². The number of esters is 1. The molecule has 220 valence electrons. The second kappa shape index (κ2) is 9.89. The zero-order valence-corrected chi connectivity index (χ0v) is 22.2. The number of aliphatic hydroxyl groups is 2. The minimum Gasteiger partial charge on any atom is -0.504 e. The molecular weight excluding hydrogens is 544 g/mol. The predicted octanol–water partition coefficient (Wildman–Crippen LogP) is 1.04. The van der Waals surface area contributed by atoms with Crippen molar-refractivity contribution in [3.63, 3.8) is 0 Å². The Bertz CT molecular complexity index is 1360. The van der Waals surface area contributed by atoms with Gasteiger partial charge in [-0.2, -0.15) is 0 Å². The van der Waals surface area contributed by atoms with Gasteiger partial charge in [0.2, 0.25) is 12.5 Å². The van der Waals surface area contributed by atoms with Gasteiger partial charge in [0.1, 0.15) is 24.4 Å². The average molecular weight is 575 g/mol. The maximum absolute atomic E-state index is 13.3. The fourth-order valence-electron chi connectivity index (χ4n) is 6.59. The number of rotatable bonds is 4. The Morgan fingerprint density at radius 1 is 0.927 bits per heavy atom. The lowest BCUT2D eigenvalue weighted by molar-refractivity contribution is -0.364. The summed E-state index contributed by atoms with van der Waals surface area (Å²) < 4.78 is 45.7. The van der Waals surface area contributed by atoms with E-state index in [-0.39, 0.29) is 25.8 Å². The highest BCUT2D eigenvalue weighted by Crippen LogP contribution is 2.57. The Morgan fingerprint density at radius 3 is 2.44 bits per heavy atom. The zero-order chi connectivity index (χ0) is 28.6. The van der Waals surface area contributed by atoms with Gasteiger partial charge in [0.15, 0.2) is 35.6 Å². The Morgan fingerprint density at radius 2 is 1.68 bits per heavy atom. The van der Waals surface area contributed by atoms with Crippen LogP contribution in [0.5, 0.6) is 28.7 Å². The maximum atomic E-state index is 13.3. The lowest BCUT2D eigenvalue weighted by Gasteiger charge is -2.47. The topological polar surface area (TPSA) is 172 Å². The third-order valence-electron chi connectivity index (χ3n) is 8.54. The average Bonchev–Trinajstić information content (AvgIpc) is 3.58. The molecule has 41 heavy (non-hydrogen) atoms. The summed E-state index contributed by atoms with van der Waals surface area (Å²) in [7, 11) is 1.36. The van der Waals surface area contributed by atoms with Gasteiger partial charge in [0, 0.05) is 11.8 Å². The van der Waals surface area contributed by atoms with Crippen molar-refractivity contribution < 1.29 is 63.1 Å². The van der Waals surface area contributed by atoms with E-state index in [1.807, 2.05) is 0 Å². The maximum Gasteiger partial charge on any atom is 0.310 e. The van der Waals surface area contributed by atoms with E-state index in [1.54, 1.807) is 25.1 Å². The second-order valence-corrected chi connectivity index (χ2v) is 10.8. The van der Waals surface area contributed by atoms with Crippen LogP contribution in [-0.4, -0.2) is 90.5 Å². The summed E-state index contributed by atoms with van der Waals surface area (Å²) in [5.41, 5.74) is 1.76. The summed E-state index contributed by atoms with van der Waals surface area (Å²) in [4.78, 5) is 13.3. The molecule has 1 aliphatic carbocycles. The molecule has 3 fully saturated rings. The Balaban J connectivity index is 1.31. The number of ether oxygens (including phenoxy) is 8. The van der Waals surface area contributed by atoms with Gasteiger partial charge in [0.05, 0.1) is 32.3 Å². The molecule has 0 radical (unpaired) electrons. The molecule has 2 aromatic rings. The molecule has 0 amide bonds. The number of phenols is 2. The molecule has 7 rings (SSSR count). The van der Waals surface area contributed by atoms with Gasteiger partial charge >= 0.3 is 5.97 Å². The standard InChI is InChI=1S/C28H30O13/c1-10-35-8-19-26(39-10)23(31)24(32)28(40-19)41-25-13-6-17-16(37-9-38-17)5-12(13)20(21-14(25)7-36-27(21)33)11-3-15(29)22(30)18(4-11)34-2/h3-6,10,14,19-21,23-26,28-32H,7-9H2,1-2H3/t10-,14?,19?,20+,21?,23-,24-,25+,26?,28?/m1/s1. The molecule has 0 spiro atoms. The molecule has 4 heterocycles. The fourth-order valence-corrected chi connectivity index (χ4v) is 6.59. The highest BCUT2D eigenvalue weighted by Gasteiger charge is 2.56. The molecular formula is C28H30O13. The third-order valence-corrected chi connectivity index (χ3v) is 8.54. The first-order chi connectivity index (χ1) is 19.7. The lowest BCUT2D eigenvalue weighted by Crippen LogP contribution is -2.63. The van der Waals surface area contributed by atoms with E-state index in [0.29, 0.717) is 28.2 Å². The summed E-state index contributed by atoms with van der Waals surface area (Å²) in [6, 6.07) is 6.46. The van der Waals surface area contributed by atoms with Crippen molar-refractivity contribution in [2.75, 3.05) is 27.1 Å². The van der Waals surface area contributed by atoms with Gasteiger partial charge in [0.25, 0.3) is 0 Å². The first-order valence-electron chi connectivity index (χ1n) is 13.4. The molecule has 3 saturated heterocycles. The number of aliphatic hydroxyl groups excluding tert-OH is 2. The van der Waals surface area contributed by atoms with Crippen molar-refractivity contribution >= 4 is 5.97 Å². The summed E-state index contributed by atoms with van der Waals surface area (Å²) in [5, 5.41) is 42.6. The first-order valence-corrected chi connectivity index (χ1v) is 13.4. The lowest BCUT2D eigenvalue weighted by atomic mass is 9.66. The summed E-state index contributed by atoms with van der Waals surface area (Å²) in [5.74, 6) is -2.30. The molecule has 13 nitrogen and oxygen atoms in total. The van der Waals surface area contributed by atoms with E-state index in [2.05, 4.69) is 0 Å². The highest BCUT2D eigenvalue weighted by molar-refractivity contribution is 5.79. The van der Waals surface area contributed by atoms with E-state index >= 15 is 0 Å². The van der Waals surface area contributed by atoms with Crippen molar-refractivity contribution in [3.8, 4) is 28.7 Å². The Kier molecular flexibility index (Phi) is 6.41.